The van der Waals surface area contributed by atoms with Gasteiger partial charge in [0.1, 0.15) is 0 Å². The fourth-order valence-electron chi connectivity index (χ4n) is 3.77. The number of hydrogen-bond donors (Lipinski definition) is 0. The lowest BCUT2D eigenvalue weighted by atomic mass is 9.74. The van der Waals surface area contributed by atoms with Gasteiger partial charge in [-0.1, -0.05) is 48.0 Å². The van der Waals surface area contributed by atoms with Crippen molar-refractivity contribution >= 4 is 32.5 Å². The van der Waals surface area contributed by atoms with E-state index in [-0.39, 0.29) is 5.92 Å². The predicted octanol–water partition coefficient (Wildman–Crippen LogP) is 5.86. The van der Waals surface area contributed by atoms with Gasteiger partial charge in [-0.05, 0) is 60.1 Å². The van der Waals surface area contributed by atoms with Crippen LogP contribution in [0.15, 0.2) is 40.9 Å². The Hall–Kier alpha value is -1.15. The summed E-state index contributed by atoms with van der Waals surface area (Å²) >= 11 is 3.49. The van der Waals surface area contributed by atoms with Gasteiger partial charge in [0.15, 0.2) is 5.78 Å². The van der Waals surface area contributed by atoms with E-state index < -0.39 is 0 Å². The smallest absolute Gasteiger partial charge is 0.165 e. The van der Waals surface area contributed by atoms with Crippen molar-refractivity contribution in [2.45, 2.75) is 33.1 Å². The van der Waals surface area contributed by atoms with Crippen LogP contribution in [-0.2, 0) is 0 Å². The van der Waals surface area contributed by atoms with Crippen LogP contribution in [-0.4, -0.2) is 5.78 Å². The van der Waals surface area contributed by atoms with Crippen LogP contribution in [0, 0.1) is 17.8 Å². The van der Waals surface area contributed by atoms with E-state index in [1.165, 1.54) is 11.8 Å². The molecule has 2 unspecified atom stereocenters. The summed E-state index contributed by atoms with van der Waals surface area (Å²) < 4.78 is 1.07. The van der Waals surface area contributed by atoms with Crippen LogP contribution in [0.5, 0.6) is 0 Å². The number of fused-ring (bicyclic) bond motifs is 1. The first-order valence-electron chi connectivity index (χ1n) is 7.76. The maximum absolute atomic E-state index is 12.8. The first-order chi connectivity index (χ1) is 10.0. The lowest BCUT2D eigenvalue weighted by molar-refractivity contribution is 0.0836. The van der Waals surface area contributed by atoms with Gasteiger partial charge in [0, 0.05) is 16.0 Å². The van der Waals surface area contributed by atoms with E-state index in [1.54, 1.807) is 0 Å². The molecule has 0 aliphatic heterocycles. The molecule has 2 aromatic carbocycles. The minimum absolute atomic E-state index is 0.205. The summed E-state index contributed by atoms with van der Waals surface area (Å²) in [6, 6.07) is 12.3. The molecule has 0 N–H and O–H groups in total. The first kappa shape index (κ1) is 14.8. The summed E-state index contributed by atoms with van der Waals surface area (Å²) in [7, 11) is 0. The van der Waals surface area contributed by atoms with Crippen molar-refractivity contribution < 1.29 is 4.79 Å². The second-order valence-electron chi connectivity index (χ2n) is 6.68. The Kier molecular flexibility index (Phi) is 4.17. The molecule has 0 bridgehead atoms. The van der Waals surface area contributed by atoms with Crippen LogP contribution >= 0.6 is 15.9 Å². The third kappa shape index (κ3) is 3.21. The fourth-order valence-corrected chi connectivity index (χ4v) is 4.15. The SMILES string of the molecule is CC1CC(C)CC(C(=O)c2ccc3cc(Br)ccc3c2)C1. The number of rotatable bonds is 2. The van der Waals surface area contributed by atoms with Crippen LogP contribution in [0.4, 0.5) is 0 Å². The third-order valence-electron chi connectivity index (χ3n) is 4.64. The van der Waals surface area contributed by atoms with Gasteiger partial charge in [-0.2, -0.15) is 0 Å². The second kappa shape index (κ2) is 5.92. The molecule has 21 heavy (non-hydrogen) atoms. The van der Waals surface area contributed by atoms with Crippen LogP contribution in [0.25, 0.3) is 10.8 Å². The average Bonchev–Trinajstić information content (AvgIpc) is 2.45. The topological polar surface area (TPSA) is 17.1 Å². The van der Waals surface area contributed by atoms with Crippen molar-refractivity contribution in [3.63, 3.8) is 0 Å². The van der Waals surface area contributed by atoms with E-state index in [0.29, 0.717) is 17.6 Å². The Balaban J connectivity index is 1.89. The van der Waals surface area contributed by atoms with Crippen molar-refractivity contribution in [1.82, 2.24) is 0 Å². The fraction of sp³-hybridized carbons (Fsp3) is 0.421. The highest BCUT2D eigenvalue weighted by Crippen LogP contribution is 2.35. The van der Waals surface area contributed by atoms with Crippen LogP contribution < -0.4 is 0 Å². The number of carbonyl (C=O) groups is 1. The van der Waals surface area contributed by atoms with Gasteiger partial charge in [-0.25, -0.2) is 0 Å². The Labute approximate surface area is 134 Å². The number of benzene rings is 2. The van der Waals surface area contributed by atoms with E-state index in [9.17, 15) is 4.79 Å². The Morgan fingerprint density at radius 2 is 1.57 bits per heavy atom. The molecule has 1 aliphatic carbocycles. The number of halogens is 1. The first-order valence-corrected chi connectivity index (χ1v) is 8.56. The quantitative estimate of drug-likeness (QED) is 0.623. The average molecular weight is 345 g/mol. The van der Waals surface area contributed by atoms with Crippen LogP contribution in [0.2, 0.25) is 0 Å². The lowest BCUT2D eigenvalue weighted by Gasteiger charge is -2.30. The summed E-state index contributed by atoms with van der Waals surface area (Å²) in [6.07, 6.45) is 3.35. The monoisotopic (exact) mass is 344 g/mol. The van der Waals surface area contributed by atoms with Crippen molar-refractivity contribution in [1.29, 1.82) is 0 Å². The zero-order valence-corrected chi connectivity index (χ0v) is 14.2. The largest absolute Gasteiger partial charge is 0.294 e. The van der Waals surface area contributed by atoms with Crippen molar-refractivity contribution in [3.8, 4) is 0 Å². The van der Waals surface area contributed by atoms with Gasteiger partial charge in [0.2, 0.25) is 0 Å². The number of hydrogen-bond acceptors (Lipinski definition) is 1. The second-order valence-corrected chi connectivity index (χ2v) is 7.60. The molecular formula is C19H21BrO. The minimum atomic E-state index is 0.205. The molecule has 0 heterocycles. The highest BCUT2D eigenvalue weighted by atomic mass is 79.9. The lowest BCUT2D eigenvalue weighted by Crippen LogP contribution is -2.26. The molecule has 1 fully saturated rings. The standard InChI is InChI=1S/C19H21BrO/c1-12-7-13(2)9-17(8-12)19(21)16-4-3-15-11-18(20)6-5-14(15)10-16/h3-6,10-13,17H,7-9H2,1-2H3. The van der Waals surface area contributed by atoms with Gasteiger partial charge < -0.3 is 0 Å². The third-order valence-corrected chi connectivity index (χ3v) is 5.13. The molecule has 0 aromatic heterocycles. The maximum atomic E-state index is 12.8. The molecule has 1 aliphatic rings. The molecule has 0 radical (unpaired) electrons. The van der Waals surface area contributed by atoms with Crippen molar-refractivity contribution in [2.24, 2.45) is 17.8 Å². The van der Waals surface area contributed by atoms with E-state index in [4.69, 9.17) is 0 Å². The molecular weight excluding hydrogens is 324 g/mol. The van der Waals surface area contributed by atoms with Gasteiger partial charge >= 0.3 is 0 Å². The number of Topliss-reactive ketones (excluding diaryl/α,β-unsaturated/α-hetero) is 1. The minimum Gasteiger partial charge on any atom is -0.294 e. The van der Waals surface area contributed by atoms with Crippen LogP contribution in [0.1, 0.15) is 43.5 Å². The summed E-state index contributed by atoms with van der Waals surface area (Å²) in [4.78, 5) is 12.8. The van der Waals surface area contributed by atoms with Gasteiger partial charge in [-0.3, -0.25) is 4.79 Å². The van der Waals surface area contributed by atoms with E-state index >= 15 is 0 Å². The molecule has 2 heteroatoms. The van der Waals surface area contributed by atoms with Gasteiger partial charge in [-0.15, -0.1) is 0 Å². The van der Waals surface area contributed by atoms with Gasteiger partial charge in [0.25, 0.3) is 0 Å². The molecule has 1 saturated carbocycles. The zero-order chi connectivity index (χ0) is 15.0. The normalized spacial score (nSPS) is 26.0. The molecule has 0 spiro atoms. The van der Waals surface area contributed by atoms with E-state index in [1.807, 2.05) is 18.2 Å². The van der Waals surface area contributed by atoms with Crippen LogP contribution in [0.3, 0.4) is 0 Å². The number of carbonyl (C=O) groups excluding carboxylic acids is 1. The molecule has 0 amide bonds. The van der Waals surface area contributed by atoms with Gasteiger partial charge in [0.05, 0.1) is 0 Å². The van der Waals surface area contributed by atoms with E-state index in [0.717, 1.165) is 28.3 Å². The Bertz CT molecular complexity index is 666. The summed E-state index contributed by atoms with van der Waals surface area (Å²) in [5.74, 6) is 1.87. The maximum Gasteiger partial charge on any atom is 0.165 e. The van der Waals surface area contributed by atoms with Crippen molar-refractivity contribution in [2.75, 3.05) is 0 Å². The summed E-state index contributed by atoms with van der Waals surface area (Å²) in [6.45, 7) is 4.54. The Morgan fingerprint density at radius 3 is 2.29 bits per heavy atom. The molecule has 2 atom stereocenters. The predicted molar refractivity (Wildman–Crippen MR) is 91.6 cm³/mol. The Morgan fingerprint density at radius 1 is 0.952 bits per heavy atom. The zero-order valence-electron chi connectivity index (χ0n) is 12.6. The molecule has 2 aromatic rings. The molecule has 3 rings (SSSR count). The summed E-state index contributed by atoms with van der Waals surface area (Å²) in [5.41, 5.74) is 0.871. The number of ketones is 1. The summed E-state index contributed by atoms with van der Waals surface area (Å²) in [5, 5.41) is 2.31. The molecule has 0 saturated heterocycles. The highest BCUT2D eigenvalue weighted by molar-refractivity contribution is 9.10. The highest BCUT2D eigenvalue weighted by Gasteiger charge is 2.29. The molecule has 110 valence electrons. The van der Waals surface area contributed by atoms with Crippen molar-refractivity contribution in [3.05, 3.63) is 46.4 Å². The molecule has 1 nitrogen and oxygen atoms in total. The van der Waals surface area contributed by atoms with E-state index in [2.05, 4.69) is 48.0 Å².